The molecule has 6 heteroatoms. The number of phenols is 1. The van der Waals surface area contributed by atoms with Crippen molar-refractivity contribution in [1.82, 2.24) is 20.2 Å². The molecule has 0 amide bonds. The Labute approximate surface area is 175 Å². The third-order valence-electron chi connectivity index (χ3n) is 7.28. The fraction of sp³-hybridized carbons (Fsp3) is 0.417. The average molecular weight is 402 g/mol. The van der Waals surface area contributed by atoms with E-state index in [2.05, 4.69) is 48.9 Å². The first-order valence-electron chi connectivity index (χ1n) is 10.7. The first-order valence-corrected chi connectivity index (χ1v) is 10.7. The molecule has 30 heavy (non-hydrogen) atoms. The lowest BCUT2D eigenvalue weighted by Crippen LogP contribution is -2.44. The minimum atomic E-state index is -0.0914. The fourth-order valence-corrected chi connectivity index (χ4v) is 5.31. The van der Waals surface area contributed by atoms with Crippen LogP contribution in [0, 0.1) is 0 Å². The van der Waals surface area contributed by atoms with Crippen LogP contribution in [0.2, 0.25) is 0 Å². The molecule has 4 aromatic rings. The van der Waals surface area contributed by atoms with E-state index < -0.39 is 0 Å². The Bertz CT molecular complexity index is 1280. The minimum absolute atomic E-state index is 0.0498. The quantitative estimate of drug-likeness (QED) is 0.420. The largest absolute Gasteiger partial charge is 0.507 e. The van der Waals surface area contributed by atoms with Crippen molar-refractivity contribution in [2.24, 2.45) is 0 Å². The SMILES string of the molecule is CC1(C)CCN2CCC(C)(C)c3c(O)c(-c4nc5cc6c[nH][nH]c6cc5n4)cc1c32. The van der Waals surface area contributed by atoms with Crippen molar-refractivity contribution in [3.05, 3.63) is 35.5 Å². The molecule has 2 aliphatic heterocycles. The first kappa shape index (κ1) is 17.8. The van der Waals surface area contributed by atoms with Crippen LogP contribution in [0.4, 0.5) is 5.69 Å². The highest BCUT2D eigenvalue weighted by atomic mass is 16.3. The molecule has 0 radical (unpaired) electrons. The highest BCUT2D eigenvalue weighted by Gasteiger charge is 2.42. The standard InChI is InChI=1S/C24H27N5O/c1-23(2)5-7-29-8-6-24(3,4)19-20(29)15(23)10-14(21(19)30)22-26-17-9-13-12-25-28-16(13)11-18(17)27-22/h9-12,25,28,30H,5-8H2,1-4H3. The Kier molecular flexibility index (Phi) is 3.30. The van der Waals surface area contributed by atoms with E-state index in [1.807, 2.05) is 18.3 Å². The van der Waals surface area contributed by atoms with Crippen molar-refractivity contribution in [2.75, 3.05) is 18.0 Å². The molecule has 0 spiro atoms. The second kappa shape index (κ2) is 5.56. The summed E-state index contributed by atoms with van der Waals surface area (Å²) in [7, 11) is 0. The van der Waals surface area contributed by atoms with Gasteiger partial charge in [-0.2, -0.15) is 0 Å². The minimum Gasteiger partial charge on any atom is -0.507 e. The van der Waals surface area contributed by atoms with E-state index in [9.17, 15) is 5.11 Å². The maximum Gasteiger partial charge on any atom is 0.164 e. The molecule has 154 valence electrons. The lowest BCUT2D eigenvalue weighted by atomic mass is 9.68. The summed E-state index contributed by atoms with van der Waals surface area (Å²) in [6.45, 7) is 11.2. The Balaban J connectivity index is 1.64. The van der Waals surface area contributed by atoms with Crippen molar-refractivity contribution >= 4 is 27.6 Å². The molecule has 0 fully saturated rings. The zero-order valence-corrected chi connectivity index (χ0v) is 17.9. The van der Waals surface area contributed by atoms with Crippen LogP contribution in [0.1, 0.15) is 51.7 Å². The molecule has 6 nitrogen and oxygen atoms in total. The molecule has 6 rings (SSSR count). The molecule has 2 aromatic heterocycles. The van der Waals surface area contributed by atoms with Crippen molar-refractivity contribution in [3.8, 4) is 17.1 Å². The van der Waals surface area contributed by atoms with Crippen LogP contribution in [-0.4, -0.2) is 38.4 Å². The zero-order chi connectivity index (χ0) is 20.8. The molecular weight excluding hydrogens is 374 g/mol. The van der Waals surface area contributed by atoms with Gasteiger partial charge in [0.25, 0.3) is 0 Å². The first-order chi connectivity index (χ1) is 14.2. The van der Waals surface area contributed by atoms with Gasteiger partial charge in [0.05, 0.1) is 22.1 Å². The molecule has 2 aliphatic rings. The van der Waals surface area contributed by atoms with E-state index in [1.165, 1.54) is 11.3 Å². The predicted molar refractivity (Wildman–Crippen MR) is 120 cm³/mol. The molecule has 0 saturated heterocycles. The Morgan fingerprint density at radius 2 is 1.67 bits per heavy atom. The number of nitrogens with zero attached hydrogens (tertiary/aromatic N) is 3. The number of phenolic OH excluding ortho intramolecular Hbond substituents is 1. The molecule has 3 N–H and O–H groups in total. The topological polar surface area (TPSA) is 80.8 Å². The van der Waals surface area contributed by atoms with Gasteiger partial charge in [0, 0.05) is 35.9 Å². The molecule has 0 bridgehead atoms. The number of rotatable bonds is 1. The molecule has 0 unspecified atom stereocenters. The van der Waals surface area contributed by atoms with Crippen LogP contribution < -0.4 is 4.90 Å². The summed E-state index contributed by atoms with van der Waals surface area (Å²) in [6.07, 6.45) is 4.06. The van der Waals surface area contributed by atoms with Crippen LogP contribution in [0.3, 0.4) is 0 Å². The van der Waals surface area contributed by atoms with Crippen LogP contribution in [0.25, 0.3) is 33.3 Å². The van der Waals surface area contributed by atoms with Gasteiger partial charge in [0.1, 0.15) is 5.75 Å². The molecule has 0 saturated carbocycles. The Hall–Kier alpha value is -3.02. The van der Waals surface area contributed by atoms with E-state index in [0.29, 0.717) is 11.6 Å². The van der Waals surface area contributed by atoms with E-state index in [-0.39, 0.29) is 10.8 Å². The van der Waals surface area contributed by atoms with E-state index in [0.717, 1.165) is 59.0 Å². The number of aromatic hydroxyl groups is 1. The smallest absolute Gasteiger partial charge is 0.164 e. The zero-order valence-electron chi connectivity index (χ0n) is 17.9. The summed E-state index contributed by atoms with van der Waals surface area (Å²) in [5, 5.41) is 18.7. The van der Waals surface area contributed by atoms with Crippen LogP contribution >= 0.6 is 0 Å². The number of imidazole rings is 1. The number of aromatic amines is 2. The number of benzene rings is 2. The third kappa shape index (κ3) is 2.30. The van der Waals surface area contributed by atoms with Gasteiger partial charge in [-0.25, -0.2) is 9.97 Å². The third-order valence-corrected chi connectivity index (χ3v) is 7.28. The van der Waals surface area contributed by atoms with E-state index >= 15 is 0 Å². The highest BCUT2D eigenvalue weighted by molar-refractivity contribution is 5.94. The maximum atomic E-state index is 11.5. The lowest BCUT2D eigenvalue weighted by molar-refractivity contribution is 0.379. The summed E-state index contributed by atoms with van der Waals surface area (Å²) < 4.78 is 0. The Morgan fingerprint density at radius 1 is 0.967 bits per heavy atom. The van der Waals surface area contributed by atoms with Gasteiger partial charge < -0.3 is 20.2 Å². The van der Waals surface area contributed by atoms with Crippen LogP contribution in [-0.2, 0) is 10.8 Å². The van der Waals surface area contributed by atoms with Gasteiger partial charge in [-0.1, -0.05) is 27.7 Å². The number of anilines is 1. The van der Waals surface area contributed by atoms with Gasteiger partial charge in [-0.3, -0.25) is 0 Å². The predicted octanol–water partition coefficient (Wildman–Crippen LogP) is 4.98. The summed E-state index contributed by atoms with van der Waals surface area (Å²) in [6, 6.07) is 6.19. The molecule has 0 aliphatic carbocycles. The second-order valence-corrected chi connectivity index (χ2v) is 10.2. The van der Waals surface area contributed by atoms with Crippen molar-refractivity contribution in [1.29, 1.82) is 0 Å². The van der Waals surface area contributed by atoms with Gasteiger partial charge in [0.2, 0.25) is 0 Å². The van der Waals surface area contributed by atoms with Crippen LogP contribution in [0.5, 0.6) is 5.75 Å². The van der Waals surface area contributed by atoms with Crippen molar-refractivity contribution in [2.45, 2.75) is 51.4 Å². The second-order valence-electron chi connectivity index (χ2n) is 10.2. The van der Waals surface area contributed by atoms with Gasteiger partial charge in [-0.05, 0) is 47.4 Å². The summed E-state index contributed by atoms with van der Waals surface area (Å²) in [5.74, 6) is 0.947. The average Bonchev–Trinajstić information content (AvgIpc) is 3.30. The van der Waals surface area contributed by atoms with Gasteiger partial charge >= 0.3 is 0 Å². The summed E-state index contributed by atoms with van der Waals surface area (Å²) in [4.78, 5) is 12.1. The number of hydrogen-bond acceptors (Lipinski definition) is 4. The highest BCUT2D eigenvalue weighted by Crippen LogP contribution is 2.54. The van der Waals surface area contributed by atoms with E-state index in [4.69, 9.17) is 9.97 Å². The van der Waals surface area contributed by atoms with Crippen molar-refractivity contribution in [3.63, 3.8) is 0 Å². The van der Waals surface area contributed by atoms with E-state index in [1.54, 1.807) is 0 Å². The molecule has 0 atom stereocenters. The summed E-state index contributed by atoms with van der Waals surface area (Å²) in [5.41, 5.74) is 6.99. The molecule has 2 aromatic carbocycles. The number of H-pyrrole nitrogens is 2. The molecular formula is C24H27N5O. The van der Waals surface area contributed by atoms with Crippen LogP contribution in [0.15, 0.2) is 24.4 Å². The normalized spacial score (nSPS) is 19.4. The number of nitrogens with one attached hydrogen (secondary N) is 2. The number of aromatic nitrogens is 4. The lowest BCUT2D eigenvalue weighted by Gasteiger charge is -2.48. The van der Waals surface area contributed by atoms with Gasteiger partial charge in [0.15, 0.2) is 5.82 Å². The summed E-state index contributed by atoms with van der Waals surface area (Å²) >= 11 is 0. The van der Waals surface area contributed by atoms with Gasteiger partial charge in [-0.15, -0.1) is 0 Å². The maximum absolute atomic E-state index is 11.5. The van der Waals surface area contributed by atoms with Crippen molar-refractivity contribution < 1.29 is 5.11 Å². The molecule has 4 heterocycles. The monoisotopic (exact) mass is 401 g/mol. The number of hydrogen-bond donors (Lipinski definition) is 3. The number of fused-ring (bicyclic) bond motifs is 2. The fourth-order valence-electron chi connectivity index (χ4n) is 5.31. The Morgan fingerprint density at radius 3 is 2.43 bits per heavy atom.